The highest BCUT2D eigenvalue weighted by Crippen LogP contribution is 2.35. The highest BCUT2D eigenvalue weighted by molar-refractivity contribution is 9.10. The molecule has 0 atom stereocenters. The Labute approximate surface area is 101 Å². The van der Waals surface area contributed by atoms with Crippen LogP contribution in [0.15, 0.2) is 22.7 Å². The number of carbonyl (C=O) groups excluding carboxylic acids is 1. The van der Waals surface area contributed by atoms with Crippen molar-refractivity contribution >= 4 is 29.5 Å². The Morgan fingerprint density at radius 1 is 1.50 bits per heavy atom. The molecule has 0 aliphatic rings. The minimum absolute atomic E-state index is 0.339. The van der Waals surface area contributed by atoms with Crippen molar-refractivity contribution in [3.8, 4) is 0 Å². The van der Waals surface area contributed by atoms with Gasteiger partial charge in [-0.25, -0.2) is 4.57 Å². The predicted octanol–water partition coefficient (Wildman–Crippen LogP) is 2.05. The van der Waals surface area contributed by atoms with Gasteiger partial charge < -0.3 is 9.79 Å². The Balaban J connectivity index is 2.74. The molecule has 0 fully saturated rings. The lowest BCUT2D eigenvalue weighted by Gasteiger charge is -2.05. The molecule has 0 saturated carbocycles. The summed E-state index contributed by atoms with van der Waals surface area (Å²) in [5, 5.41) is 0. The topological polar surface area (TPSA) is 83.8 Å². The molecule has 16 heavy (non-hydrogen) atoms. The van der Waals surface area contributed by atoms with Crippen LogP contribution in [0.4, 0.5) is 0 Å². The van der Waals surface area contributed by atoms with Gasteiger partial charge in [0.05, 0.1) is 0 Å². The molecule has 0 saturated heterocycles. The van der Waals surface area contributed by atoms with Crippen LogP contribution in [0.3, 0.4) is 0 Å². The van der Waals surface area contributed by atoms with Crippen molar-refractivity contribution in [1.82, 2.24) is 0 Å². The van der Waals surface area contributed by atoms with E-state index in [0.717, 1.165) is 10.0 Å². The van der Waals surface area contributed by atoms with Crippen LogP contribution in [-0.2, 0) is 9.09 Å². The summed E-state index contributed by atoms with van der Waals surface area (Å²) < 4.78 is 15.3. The summed E-state index contributed by atoms with van der Waals surface area (Å²) >= 11 is 3.26. The third-order valence-electron chi connectivity index (χ3n) is 1.86. The van der Waals surface area contributed by atoms with Crippen LogP contribution >= 0.6 is 23.8 Å². The molecule has 1 aromatic carbocycles. The highest BCUT2D eigenvalue weighted by Gasteiger charge is 2.17. The van der Waals surface area contributed by atoms with Gasteiger partial charge in [0.25, 0.3) is 0 Å². The van der Waals surface area contributed by atoms with Gasteiger partial charge in [0.2, 0.25) is 0 Å². The van der Waals surface area contributed by atoms with Gasteiger partial charge in [-0.1, -0.05) is 28.1 Å². The highest BCUT2D eigenvalue weighted by atomic mass is 79.9. The summed E-state index contributed by atoms with van der Waals surface area (Å²) in [7, 11) is -4.59. The summed E-state index contributed by atoms with van der Waals surface area (Å²) in [5.41, 5.74) is 1.30. The van der Waals surface area contributed by atoms with Gasteiger partial charge in [0, 0.05) is 10.0 Å². The summed E-state index contributed by atoms with van der Waals surface area (Å²) in [5.74, 6) is -0.482. The second-order valence-corrected chi connectivity index (χ2v) is 5.24. The summed E-state index contributed by atoms with van der Waals surface area (Å²) in [6, 6.07) is 4.89. The number of halogens is 1. The van der Waals surface area contributed by atoms with Gasteiger partial charge in [-0.3, -0.25) is 9.32 Å². The van der Waals surface area contributed by atoms with Crippen molar-refractivity contribution in [2.75, 3.05) is 6.61 Å². The van der Waals surface area contributed by atoms with Gasteiger partial charge >= 0.3 is 7.82 Å². The van der Waals surface area contributed by atoms with Crippen LogP contribution in [0.5, 0.6) is 0 Å². The number of hydrogen-bond donors (Lipinski definition) is 2. The van der Waals surface area contributed by atoms with E-state index in [2.05, 4.69) is 20.5 Å². The van der Waals surface area contributed by atoms with Crippen LogP contribution in [0, 0.1) is 6.92 Å². The Bertz CT molecular complexity index is 453. The van der Waals surface area contributed by atoms with Crippen LogP contribution in [0.25, 0.3) is 0 Å². The number of aryl methyl sites for hydroxylation is 1. The molecule has 0 bridgehead atoms. The molecular formula is C9H10BrO5P. The maximum atomic E-state index is 11.5. The van der Waals surface area contributed by atoms with E-state index in [1.54, 1.807) is 18.2 Å². The van der Waals surface area contributed by atoms with E-state index in [9.17, 15) is 9.36 Å². The largest absolute Gasteiger partial charge is 0.470 e. The number of phosphoric acid groups is 1. The van der Waals surface area contributed by atoms with Gasteiger partial charge in [-0.05, 0) is 18.6 Å². The van der Waals surface area contributed by atoms with E-state index in [1.165, 1.54) is 0 Å². The molecule has 0 amide bonds. The fourth-order valence-corrected chi connectivity index (χ4v) is 1.66. The van der Waals surface area contributed by atoms with Crippen molar-refractivity contribution < 1.29 is 23.7 Å². The molecule has 0 unspecified atom stereocenters. The Morgan fingerprint density at radius 2 is 2.12 bits per heavy atom. The first-order valence-corrected chi connectivity index (χ1v) is 6.61. The average Bonchev–Trinajstić information content (AvgIpc) is 2.17. The van der Waals surface area contributed by atoms with Crippen molar-refractivity contribution in [2.45, 2.75) is 6.92 Å². The number of Topliss-reactive ketones (excluding diaryl/α,β-unsaturated/α-hetero) is 1. The lowest BCUT2D eigenvalue weighted by molar-refractivity contribution is 0.0884. The Hall–Kier alpha value is -0.520. The third-order valence-corrected chi connectivity index (χ3v) is 3.18. The number of ketones is 1. The molecule has 0 aliphatic heterocycles. The SMILES string of the molecule is Cc1ccc(C(=O)COP(=O)(O)O)cc1Br. The quantitative estimate of drug-likeness (QED) is 0.657. The van der Waals surface area contributed by atoms with Gasteiger partial charge in [-0.15, -0.1) is 0 Å². The van der Waals surface area contributed by atoms with E-state index in [4.69, 9.17) is 9.79 Å². The van der Waals surface area contributed by atoms with E-state index in [0.29, 0.717) is 5.56 Å². The van der Waals surface area contributed by atoms with E-state index in [-0.39, 0.29) is 0 Å². The summed E-state index contributed by atoms with van der Waals surface area (Å²) in [4.78, 5) is 28.3. The molecule has 0 heterocycles. The zero-order valence-electron chi connectivity index (χ0n) is 8.38. The number of rotatable bonds is 4. The maximum absolute atomic E-state index is 11.5. The Kier molecular flexibility index (Phi) is 4.41. The smallest absolute Gasteiger partial charge is 0.303 e. The van der Waals surface area contributed by atoms with Crippen LogP contribution in [0.1, 0.15) is 15.9 Å². The number of phosphoric ester groups is 1. The monoisotopic (exact) mass is 308 g/mol. The molecule has 0 spiro atoms. The van der Waals surface area contributed by atoms with Gasteiger partial charge in [0.15, 0.2) is 5.78 Å². The lowest BCUT2D eigenvalue weighted by atomic mass is 10.1. The zero-order valence-corrected chi connectivity index (χ0v) is 10.9. The maximum Gasteiger partial charge on any atom is 0.470 e. The van der Waals surface area contributed by atoms with E-state index in [1.807, 2.05) is 6.92 Å². The predicted molar refractivity (Wildman–Crippen MR) is 61.2 cm³/mol. The third kappa shape index (κ3) is 4.15. The minimum atomic E-state index is -4.59. The lowest BCUT2D eigenvalue weighted by Crippen LogP contribution is -2.08. The average molecular weight is 309 g/mol. The van der Waals surface area contributed by atoms with Gasteiger partial charge in [0.1, 0.15) is 6.61 Å². The molecule has 5 nitrogen and oxygen atoms in total. The van der Waals surface area contributed by atoms with Crippen molar-refractivity contribution in [1.29, 1.82) is 0 Å². The number of hydrogen-bond acceptors (Lipinski definition) is 3. The van der Waals surface area contributed by atoms with Crippen molar-refractivity contribution in [3.05, 3.63) is 33.8 Å². The van der Waals surface area contributed by atoms with Crippen LogP contribution in [-0.4, -0.2) is 22.2 Å². The van der Waals surface area contributed by atoms with E-state index < -0.39 is 20.2 Å². The number of benzene rings is 1. The molecule has 2 N–H and O–H groups in total. The molecule has 1 rings (SSSR count). The minimum Gasteiger partial charge on any atom is -0.303 e. The standard InChI is InChI=1S/C9H10BrO5P/c1-6-2-3-7(4-8(6)10)9(11)5-15-16(12,13)14/h2-4H,5H2,1H3,(H2,12,13,14). The van der Waals surface area contributed by atoms with Crippen LogP contribution in [0.2, 0.25) is 0 Å². The normalized spacial score (nSPS) is 11.5. The molecule has 0 aliphatic carbocycles. The molecule has 7 heteroatoms. The van der Waals surface area contributed by atoms with Crippen LogP contribution < -0.4 is 0 Å². The Morgan fingerprint density at radius 3 is 2.62 bits per heavy atom. The van der Waals surface area contributed by atoms with E-state index >= 15 is 0 Å². The fraction of sp³-hybridized carbons (Fsp3) is 0.222. The first kappa shape index (κ1) is 13.5. The second kappa shape index (κ2) is 5.21. The first-order chi connectivity index (χ1) is 7.29. The van der Waals surface area contributed by atoms with Gasteiger partial charge in [-0.2, -0.15) is 0 Å². The summed E-state index contributed by atoms with van der Waals surface area (Å²) in [6.07, 6.45) is 0. The summed E-state index contributed by atoms with van der Waals surface area (Å²) in [6.45, 7) is 1.23. The van der Waals surface area contributed by atoms with Crippen molar-refractivity contribution in [2.24, 2.45) is 0 Å². The van der Waals surface area contributed by atoms with Crippen molar-refractivity contribution in [3.63, 3.8) is 0 Å². The second-order valence-electron chi connectivity index (χ2n) is 3.15. The molecule has 0 radical (unpaired) electrons. The molecule has 1 aromatic rings. The number of carbonyl (C=O) groups is 1. The fourth-order valence-electron chi connectivity index (χ4n) is 0.992. The zero-order chi connectivity index (χ0) is 12.3. The molecule has 88 valence electrons. The molecule has 0 aromatic heterocycles. The first-order valence-electron chi connectivity index (χ1n) is 4.29. The molecular weight excluding hydrogens is 299 g/mol.